The van der Waals surface area contributed by atoms with E-state index in [2.05, 4.69) is 4.42 Å². The van der Waals surface area contributed by atoms with Gasteiger partial charge < -0.3 is 13.5 Å². The molecule has 0 fully saturated rings. The molecule has 8 nitrogen and oxygen atoms in total. The van der Waals surface area contributed by atoms with Gasteiger partial charge in [-0.05, 0) is 36.8 Å². The first-order valence-corrected chi connectivity index (χ1v) is 10.5. The van der Waals surface area contributed by atoms with Crippen molar-refractivity contribution in [3.8, 4) is 5.75 Å². The van der Waals surface area contributed by atoms with E-state index >= 15 is 0 Å². The summed E-state index contributed by atoms with van der Waals surface area (Å²) in [6, 6.07) is 6.04. The van der Waals surface area contributed by atoms with Crippen molar-refractivity contribution in [3.05, 3.63) is 51.8 Å². The molecule has 1 aromatic heterocycles. The van der Waals surface area contributed by atoms with Gasteiger partial charge in [0.2, 0.25) is 0 Å². The third-order valence-corrected chi connectivity index (χ3v) is 5.11. The lowest BCUT2D eigenvalue weighted by Gasteiger charge is -2.25. The second kappa shape index (κ2) is 9.29. The molecule has 0 spiro atoms. The maximum Gasteiger partial charge on any atom is 0.437 e. The summed E-state index contributed by atoms with van der Waals surface area (Å²) in [6.07, 6.45) is 1.06. The fourth-order valence-corrected chi connectivity index (χ4v) is 4.02. The zero-order valence-corrected chi connectivity index (χ0v) is 16.8. The third-order valence-electron chi connectivity index (χ3n) is 3.66. The van der Waals surface area contributed by atoms with Gasteiger partial charge in [0.05, 0.1) is 11.8 Å². The summed E-state index contributed by atoms with van der Waals surface area (Å²) in [5.74, 6) is -0.338. The van der Waals surface area contributed by atoms with Crippen LogP contribution in [-0.2, 0) is 15.9 Å². The maximum absolute atomic E-state index is 12.2. The normalized spacial score (nSPS) is 11.4. The first-order valence-electron chi connectivity index (χ1n) is 7.88. The van der Waals surface area contributed by atoms with E-state index in [-0.39, 0.29) is 11.3 Å². The molecular formula is C16H18Cl2N2O6S. The summed E-state index contributed by atoms with van der Waals surface area (Å²) < 4.78 is 34.3. The largest absolute Gasteiger partial charge is 0.437 e. The van der Waals surface area contributed by atoms with Crippen LogP contribution in [-0.4, -0.2) is 38.2 Å². The van der Waals surface area contributed by atoms with Crippen molar-refractivity contribution in [2.24, 2.45) is 0 Å². The van der Waals surface area contributed by atoms with Crippen LogP contribution in [0.2, 0.25) is 0 Å². The second-order valence-electron chi connectivity index (χ2n) is 5.61. The van der Waals surface area contributed by atoms with Gasteiger partial charge >= 0.3 is 16.0 Å². The molecule has 1 aromatic carbocycles. The van der Waals surface area contributed by atoms with E-state index in [1.165, 1.54) is 12.1 Å². The van der Waals surface area contributed by atoms with E-state index in [9.17, 15) is 18.5 Å². The minimum absolute atomic E-state index is 0.0799. The monoisotopic (exact) mass is 436 g/mol. The molecule has 1 heterocycles. The molecule has 0 radical (unpaired) electrons. The molecule has 0 amide bonds. The smallest absolute Gasteiger partial charge is 0.409 e. The number of nitro groups is 1. The highest BCUT2D eigenvalue weighted by Crippen LogP contribution is 2.27. The zero-order valence-electron chi connectivity index (χ0n) is 14.4. The van der Waals surface area contributed by atoms with Gasteiger partial charge in [0.25, 0.3) is 0 Å². The molecule has 11 heteroatoms. The number of furan rings is 1. The molecule has 27 heavy (non-hydrogen) atoms. The Balaban J connectivity index is 2.17. The lowest BCUT2D eigenvalue weighted by atomic mass is 10.1. The summed E-state index contributed by atoms with van der Waals surface area (Å²) in [5, 5.41) is 10.8. The van der Waals surface area contributed by atoms with E-state index in [1.54, 1.807) is 12.1 Å². The van der Waals surface area contributed by atoms with Crippen molar-refractivity contribution in [3.63, 3.8) is 0 Å². The standard InChI is InChI=1S/C16H18Cl2N2O6S/c1-12-10-14(2-3-15(12)19(7-5-17)8-6-18)26-27(23,24)11-13-4-9-25-16(13)20(21)22/h2-4,9-10H,5-8,11H2,1H3. The highest BCUT2D eigenvalue weighted by Gasteiger charge is 2.25. The third kappa shape index (κ3) is 5.75. The predicted molar refractivity (Wildman–Crippen MR) is 103 cm³/mol. The Morgan fingerprint density at radius 3 is 2.44 bits per heavy atom. The van der Waals surface area contributed by atoms with E-state index < -0.39 is 26.7 Å². The van der Waals surface area contributed by atoms with E-state index in [1.807, 2.05) is 11.8 Å². The fourth-order valence-electron chi connectivity index (χ4n) is 2.56. The van der Waals surface area contributed by atoms with Crippen LogP contribution in [0.5, 0.6) is 5.75 Å². The molecule has 0 saturated heterocycles. The van der Waals surface area contributed by atoms with Crippen molar-refractivity contribution >= 4 is 44.9 Å². The summed E-state index contributed by atoms with van der Waals surface area (Å²) in [5.41, 5.74) is 1.57. The van der Waals surface area contributed by atoms with Gasteiger partial charge in [-0.25, -0.2) is 0 Å². The summed E-state index contributed by atoms with van der Waals surface area (Å²) in [6.45, 7) is 3.00. The molecule has 0 saturated carbocycles. The minimum Gasteiger partial charge on any atom is -0.409 e. The number of hydrogen-bond acceptors (Lipinski definition) is 7. The average Bonchev–Trinajstić information content (AvgIpc) is 3.02. The molecular weight excluding hydrogens is 419 g/mol. The summed E-state index contributed by atoms with van der Waals surface area (Å²) >= 11 is 11.6. The van der Waals surface area contributed by atoms with Crippen LogP contribution < -0.4 is 9.08 Å². The van der Waals surface area contributed by atoms with Crippen molar-refractivity contribution in [2.75, 3.05) is 29.7 Å². The van der Waals surface area contributed by atoms with Crippen LogP contribution in [0.1, 0.15) is 11.1 Å². The Labute approximate surface area is 166 Å². The highest BCUT2D eigenvalue weighted by molar-refractivity contribution is 7.86. The Morgan fingerprint density at radius 2 is 1.89 bits per heavy atom. The zero-order chi connectivity index (χ0) is 20.0. The van der Waals surface area contributed by atoms with Crippen LogP contribution in [0.4, 0.5) is 11.6 Å². The van der Waals surface area contributed by atoms with Crippen LogP contribution >= 0.6 is 23.2 Å². The molecule has 0 atom stereocenters. The maximum atomic E-state index is 12.2. The quantitative estimate of drug-likeness (QED) is 0.242. The molecule has 2 rings (SSSR count). The summed E-state index contributed by atoms with van der Waals surface area (Å²) in [7, 11) is -4.10. The van der Waals surface area contributed by atoms with Crippen molar-refractivity contribution in [2.45, 2.75) is 12.7 Å². The lowest BCUT2D eigenvalue weighted by molar-refractivity contribution is -0.402. The van der Waals surface area contributed by atoms with E-state index in [0.29, 0.717) is 24.8 Å². The Morgan fingerprint density at radius 1 is 1.22 bits per heavy atom. The number of halogens is 2. The number of benzene rings is 1. The lowest BCUT2D eigenvalue weighted by Crippen LogP contribution is -2.28. The van der Waals surface area contributed by atoms with Gasteiger partial charge in [-0.15, -0.1) is 23.2 Å². The van der Waals surface area contributed by atoms with Crippen LogP contribution in [0, 0.1) is 17.0 Å². The van der Waals surface area contributed by atoms with Crippen LogP contribution in [0.15, 0.2) is 34.9 Å². The van der Waals surface area contributed by atoms with E-state index in [4.69, 9.17) is 27.4 Å². The van der Waals surface area contributed by atoms with Gasteiger partial charge in [0, 0.05) is 30.5 Å². The molecule has 0 aliphatic rings. The number of alkyl halides is 2. The van der Waals surface area contributed by atoms with E-state index in [0.717, 1.165) is 17.5 Å². The van der Waals surface area contributed by atoms with Crippen molar-refractivity contribution in [1.82, 2.24) is 0 Å². The number of nitrogens with zero attached hydrogens (tertiary/aromatic N) is 2. The predicted octanol–water partition coefficient (Wildman–Crippen LogP) is 3.69. The first kappa shape index (κ1) is 21.3. The molecule has 148 valence electrons. The number of rotatable bonds is 10. The average molecular weight is 437 g/mol. The molecule has 2 aromatic rings. The number of aryl methyl sites for hydroxylation is 1. The van der Waals surface area contributed by atoms with Gasteiger partial charge in [-0.3, -0.25) is 10.1 Å². The molecule has 0 unspecified atom stereocenters. The molecule has 0 bridgehead atoms. The minimum atomic E-state index is -4.10. The van der Waals surface area contributed by atoms with Gasteiger partial charge in [-0.1, -0.05) is 0 Å². The van der Waals surface area contributed by atoms with Crippen LogP contribution in [0.25, 0.3) is 0 Å². The fraction of sp³-hybridized carbons (Fsp3) is 0.375. The Hall–Kier alpha value is -1.97. The van der Waals surface area contributed by atoms with Gasteiger partial charge in [-0.2, -0.15) is 8.42 Å². The number of hydrogen-bond donors (Lipinski definition) is 0. The highest BCUT2D eigenvalue weighted by atomic mass is 35.5. The Kier molecular flexibility index (Phi) is 7.34. The first-order chi connectivity index (χ1) is 12.8. The topological polar surface area (TPSA) is 103 Å². The van der Waals surface area contributed by atoms with Crippen molar-refractivity contribution in [1.29, 1.82) is 0 Å². The second-order valence-corrected chi connectivity index (χ2v) is 7.93. The SMILES string of the molecule is Cc1cc(OS(=O)(=O)Cc2ccoc2[N+](=O)[O-])ccc1N(CCCl)CCCl. The number of anilines is 1. The van der Waals surface area contributed by atoms with Crippen molar-refractivity contribution < 1.29 is 21.9 Å². The molecule has 0 aliphatic carbocycles. The van der Waals surface area contributed by atoms with Gasteiger partial charge in [0.15, 0.2) is 0 Å². The van der Waals surface area contributed by atoms with Gasteiger partial charge in [0.1, 0.15) is 16.4 Å². The molecule has 0 aliphatic heterocycles. The Bertz CT molecular complexity index is 894. The summed E-state index contributed by atoms with van der Waals surface area (Å²) in [4.78, 5) is 12.0. The van der Waals surface area contributed by atoms with Crippen LogP contribution in [0.3, 0.4) is 0 Å². The molecule has 0 N–H and O–H groups in total.